The molecule has 3 N–H and O–H groups in total. The van der Waals surface area contributed by atoms with Crippen molar-refractivity contribution in [3.63, 3.8) is 0 Å². The Morgan fingerprint density at radius 1 is 1.30 bits per heavy atom. The van der Waals surface area contributed by atoms with Crippen LogP contribution in [0, 0.1) is 5.92 Å². The molecule has 1 aromatic rings. The van der Waals surface area contributed by atoms with Crippen molar-refractivity contribution >= 4 is 17.5 Å². The molecule has 1 atom stereocenters. The molecular weight excluding hydrogens is 254 g/mol. The highest BCUT2D eigenvalue weighted by molar-refractivity contribution is 5.95. The number of nitrogens with one attached hydrogen (secondary N) is 3. The van der Waals surface area contributed by atoms with Crippen LogP contribution < -0.4 is 16.0 Å². The molecule has 1 fully saturated rings. The van der Waals surface area contributed by atoms with Crippen LogP contribution in [0.1, 0.15) is 29.6 Å². The van der Waals surface area contributed by atoms with Gasteiger partial charge in [-0.05, 0) is 56.1 Å². The highest BCUT2D eigenvalue weighted by Gasteiger charge is 2.15. The second-order valence-electron chi connectivity index (χ2n) is 5.10. The summed E-state index contributed by atoms with van der Waals surface area (Å²) in [5.74, 6) is 0.526. The zero-order chi connectivity index (χ0) is 14.4. The summed E-state index contributed by atoms with van der Waals surface area (Å²) in [6.45, 7) is 2.08. The summed E-state index contributed by atoms with van der Waals surface area (Å²) in [7, 11) is 1.59. The summed E-state index contributed by atoms with van der Waals surface area (Å²) in [5.41, 5.74) is 1.31. The quantitative estimate of drug-likeness (QED) is 0.760. The molecule has 5 nitrogen and oxygen atoms in total. The van der Waals surface area contributed by atoms with Gasteiger partial charge in [-0.3, -0.25) is 9.59 Å². The lowest BCUT2D eigenvalue weighted by Gasteiger charge is -2.09. The monoisotopic (exact) mass is 275 g/mol. The number of benzene rings is 1. The maximum Gasteiger partial charge on any atom is 0.251 e. The van der Waals surface area contributed by atoms with Crippen LogP contribution >= 0.6 is 0 Å². The first-order valence-electron chi connectivity index (χ1n) is 7.02. The van der Waals surface area contributed by atoms with E-state index in [1.54, 1.807) is 31.3 Å². The van der Waals surface area contributed by atoms with Gasteiger partial charge in [-0.15, -0.1) is 0 Å². The van der Waals surface area contributed by atoms with E-state index in [0.717, 1.165) is 31.6 Å². The fourth-order valence-electron chi connectivity index (χ4n) is 2.37. The van der Waals surface area contributed by atoms with Crippen molar-refractivity contribution in [2.45, 2.75) is 19.3 Å². The van der Waals surface area contributed by atoms with Crippen molar-refractivity contribution in [1.29, 1.82) is 0 Å². The minimum absolute atomic E-state index is 0.0320. The van der Waals surface area contributed by atoms with Crippen LogP contribution in [0.5, 0.6) is 0 Å². The predicted molar refractivity (Wildman–Crippen MR) is 78.7 cm³/mol. The summed E-state index contributed by atoms with van der Waals surface area (Å²) in [4.78, 5) is 23.2. The van der Waals surface area contributed by atoms with E-state index in [9.17, 15) is 9.59 Å². The molecule has 1 aliphatic rings. The first-order chi connectivity index (χ1) is 9.69. The van der Waals surface area contributed by atoms with Crippen LogP contribution in [0.4, 0.5) is 5.69 Å². The number of carbonyl (C=O) groups is 2. The summed E-state index contributed by atoms with van der Waals surface area (Å²) < 4.78 is 0. The third-order valence-corrected chi connectivity index (χ3v) is 3.60. The van der Waals surface area contributed by atoms with E-state index in [0.29, 0.717) is 17.9 Å². The zero-order valence-electron chi connectivity index (χ0n) is 11.7. The van der Waals surface area contributed by atoms with Gasteiger partial charge in [0, 0.05) is 24.7 Å². The third kappa shape index (κ3) is 4.06. The van der Waals surface area contributed by atoms with Crippen LogP contribution in [0.15, 0.2) is 24.3 Å². The van der Waals surface area contributed by atoms with Gasteiger partial charge >= 0.3 is 0 Å². The van der Waals surface area contributed by atoms with Gasteiger partial charge in [0.25, 0.3) is 5.91 Å². The van der Waals surface area contributed by atoms with Crippen molar-refractivity contribution in [2.24, 2.45) is 5.92 Å². The van der Waals surface area contributed by atoms with Crippen molar-refractivity contribution in [1.82, 2.24) is 10.6 Å². The number of carbonyl (C=O) groups excluding carboxylic acids is 2. The molecule has 108 valence electrons. The molecule has 1 aromatic carbocycles. The van der Waals surface area contributed by atoms with Gasteiger partial charge in [-0.2, -0.15) is 0 Å². The molecule has 0 aliphatic carbocycles. The molecule has 2 amide bonds. The number of anilines is 1. The Balaban J connectivity index is 1.80. The molecule has 1 aliphatic heterocycles. The highest BCUT2D eigenvalue weighted by atomic mass is 16.2. The van der Waals surface area contributed by atoms with Gasteiger partial charge in [0.15, 0.2) is 0 Å². The van der Waals surface area contributed by atoms with Crippen molar-refractivity contribution < 1.29 is 9.59 Å². The normalized spacial score (nSPS) is 17.8. The number of hydrogen-bond donors (Lipinski definition) is 3. The first kappa shape index (κ1) is 14.5. The topological polar surface area (TPSA) is 70.2 Å². The molecule has 5 heteroatoms. The lowest BCUT2D eigenvalue weighted by Crippen LogP contribution is -2.18. The molecule has 0 bridgehead atoms. The summed E-state index contributed by atoms with van der Waals surface area (Å²) >= 11 is 0. The number of hydrogen-bond acceptors (Lipinski definition) is 3. The summed E-state index contributed by atoms with van der Waals surface area (Å²) in [6.07, 6.45) is 2.63. The number of amides is 2. The van der Waals surface area contributed by atoms with Crippen molar-refractivity contribution in [2.75, 3.05) is 25.5 Å². The molecule has 0 radical (unpaired) electrons. The Labute approximate surface area is 119 Å². The molecule has 2 rings (SSSR count). The van der Waals surface area contributed by atoms with Gasteiger partial charge in [-0.25, -0.2) is 0 Å². The maximum atomic E-state index is 11.8. The van der Waals surface area contributed by atoms with Crippen LogP contribution in [-0.4, -0.2) is 32.0 Å². The average Bonchev–Trinajstić information content (AvgIpc) is 2.98. The van der Waals surface area contributed by atoms with E-state index in [-0.39, 0.29) is 11.8 Å². The lowest BCUT2D eigenvalue weighted by molar-refractivity contribution is -0.116. The Kier molecular flexibility index (Phi) is 5.12. The largest absolute Gasteiger partial charge is 0.355 e. The van der Waals surface area contributed by atoms with E-state index >= 15 is 0 Å². The smallest absolute Gasteiger partial charge is 0.251 e. The minimum Gasteiger partial charge on any atom is -0.355 e. The molecule has 1 heterocycles. The second kappa shape index (κ2) is 7.05. The van der Waals surface area contributed by atoms with E-state index < -0.39 is 0 Å². The Morgan fingerprint density at radius 2 is 2.05 bits per heavy atom. The molecule has 1 saturated heterocycles. The SMILES string of the molecule is CNC(=O)c1ccc(NC(=O)CCC2CCNC2)cc1. The fraction of sp³-hybridized carbons (Fsp3) is 0.467. The van der Waals surface area contributed by atoms with Crippen LogP contribution in [0.2, 0.25) is 0 Å². The molecule has 1 unspecified atom stereocenters. The van der Waals surface area contributed by atoms with Crippen LogP contribution in [-0.2, 0) is 4.79 Å². The van der Waals surface area contributed by atoms with E-state index in [2.05, 4.69) is 16.0 Å². The van der Waals surface area contributed by atoms with Gasteiger partial charge in [0.05, 0.1) is 0 Å². The van der Waals surface area contributed by atoms with Gasteiger partial charge < -0.3 is 16.0 Å². The molecule has 20 heavy (non-hydrogen) atoms. The standard InChI is InChI=1S/C15H21N3O2/c1-16-15(20)12-3-5-13(6-4-12)18-14(19)7-2-11-8-9-17-10-11/h3-6,11,17H,2,7-10H2,1H3,(H,16,20)(H,18,19). The van der Waals surface area contributed by atoms with Gasteiger partial charge in [0.1, 0.15) is 0 Å². The number of rotatable bonds is 5. The fourth-order valence-corrected chi connectivity index (χ4v) is 2.37. The molecule has 0 spiro atoms. The minimum atomic E-state index is -0.128. The van der Waals surface area contributed by atoms with Gasteiger partial charge in [-0.1, -0.05) is 0 Å². The average molecular weight is 275 g/mol. The van der Waals surface area contributed by atoms with Crippen molar-refractivity contribution in [3.8, 4) is 0 Å². The van der Waals surface area contributed by atoms with E-state index in [4.69, 9.17) is 0 Å². The first-order valence-corrected chi connectivity index (χ1v) is 7.02. The predicted octanol–water partition coefficient (Wildman–Crippen LogP) is 1.37. The molecule has 0 aromatic heterocycles. The Bertz CT molecular complexity index is 465. The summed E-state index contributed by atoms with van der Waals surface area (Å²) in [6, 6.07) is 6.91. The second-order valence-corrected chi connectivity index (χ2v) is 5.10. The maximum absolute atomic E-state index is 11.8. The lowest BCUT2D eigenvalue weighted by atomic mass is 10.0. The summed E-state index contributed by atoms with van der Waals surface area (Å²) in [5, 5.41) is 8.72. The van der Waals surface area contributed by atoms with Crippen LogP contribution in [0.25, 0.3) is 0 Å². The Morgan fingerprint density at radius 3 is 2.65 bits per heavy atom. The molecular formula is C15H21N3O2. The highest BCUT2D eigenvalue weighted by Crippen LogP contribution is 2.15. The Hall–Kier alpha value is -1.88. The zero-order valence-corrected chi connectivity index (χ0v) is 11.7. The third-order valence-electron chi connectivity index (χ3n) is 3.60. The van der Waals surface area contributed by atoms with E-state index in [1.165, 1.54) is 0 Å². The van der Waals surface area contributed by atoms with Crippen molar-refractivity contribution in [3.05, 3.63) is 29.8 Å². The van der Waals surface area contributed by atoms with Gasteiger partial charge in [0.2, 0.25) is 5.91 Å². The van der Waals surface area contributed by atoms with E-state index in [1.807, 2.05) is 0 Å². The molecule has 0 saturated carbocycles. The van der Waals surface area contributed by atoms with Crippen LogP contribution in [0.3, 0.4) is 0 Å².